The summed E-state index contributed by atoms with van der Waals surface area (Å²) < 4.78 is 11.1. The summed E-state index contributed by atoms with van der Waals surface area (Å²) in [6.45, 7) is 12.2. The molecule has 0 spiro atoms. The molecule has 0 heterocycles. The lowest BCUT2D eigenvalue weighted by atomic mass is 10.0. The van der Waals surface area contributed by atoms with Gasteiger partial charge in [-0.1, -0.05) is 26.0 Å². The van der Waals surface area contributed by atoms with E-state index in [4.69, 9.17) is 9.47 Å². The van der Waals surface area contributed by atoms with Crippen LogP contribution in [0.5, 0.6) is 11.5 Å². The van der Waals surface area contributed by atoms with Crippen LogP contribution in [0.15, 0.2) is 48.5 Å². The molecule has 168 valence electrons. The van der Waals surface area contributed by atoms with Gasteiger partial charge in [0.2, 0.25) is 5.91 Å². The second kappa shape index (κ2) is 11.4. The zero-order chi connectivity index (χ0) is 23.0. The van der Waals surface area contributed by atoms with Gasteiger partial charge in [0.15, 0.2) is 0 Å². The lowest BCUT2D eigenvalue weighted by molar-refractivity contribution is -0.124. The average molecular weight is 427 g/mol. The lowest BCUT2D eigenvalue weighted by Crippen LogP contribution is -2.50. The fourth-order valence-electron chi connectivity index (χ4n) is 3.12. The Bertz CT molecular complexity index is 845. The van der Waals surface area contributed by atoms with Crippen LogP contribution in [0.4, 0.5) is 0 Å². The van der Waals surface area contributed by atoms with Gasteiger partial charge in [-0.2, -0.15) is 0 Å². The Balaban J connectivity index is 2.01. The van der Waals surface area contributed by atoms with Gasteiger partial charge >= 0.3 is 0 Å². The molecule has 0 aliphatic carbocycles. The first-order chi connectivity index (χ1) is 14.7. The highest BCUT2D eigenvalue weighted by Crippen LogP contribution is 2.19. The maximum Gasteiger partial charge on any atom is 0.251 e. The number of ether oxygens (including phenoxy) is 2. The van der Waals surface area contributed by atoms with Gasteiger partial charge in [-0.25, -0.2) is 0 Å². The van der Waals surface area contributed by atoms with E-state index in [1.807, 2.05) is 65.8 Å². The number of nitrogens with one attached hydrogen (secondary N) is 2. The third kappa shape index (κ3) is 7.31. The van der Waals surface area contributed by atoms with Crippen LogP contribution in [-0.4, -0.2) is 30.6 Å². The maximum atomic E-state index is 12.9. The Morgan fingerprint density at radius 2 is 1.42 bits per heavy atom. The van der Waals surface area contributed by atoms with Crippen molar-refractivity contribution in [3.63, 3.8) is 0 Å². The molecule has 6 heteroatoms. The van der Waals surface area contributed by atoms with Gasteiger partial charge in [0, 0.05) is 5.56 Å². The Morgan fingerprint density at radius 1 is 0.839 bits per heavy atom. The van der Waals surface area contributed by atoms with E-state index in [1.165, 1.54) is 0 Å². The number of carbonyl (C=O) groups excluding carboxylic acids is 2. The third-order valence-corrected chi connectivity index (χ3v) is 4.77. The first-order valence-corrected chi connectivity index (χ1v) is 10.8. The van der Waals surface area contributed by atoms with Gasteiger partial charge in [-0.15, -0.1) is 0 Å². The van der Waals surface area contributed by atoms with E-state index in [1.54, 1.807) is 24.3 Å². The summed E-state index contributed by atoms with van der Waals surface area (Å²) >= 11 is 0. The molecule has 2 atom stereocenters. The van der Waals surface area contributed by atoms with Crippen LogP contribution < -0.4 is 20.1 Å². The van der Waals surface area contributed by atoms with Crippen molar-refractivity contribution in [2.45, 2.75) is 59.7 Å². The van der Waals surface area contributed by atoms with Crippen LogP contribution in [0.3, 0.4) is 0 Å². The van der Waals surface area contributed by atoms with Gasteiger partial charge in [0.05, 0.1) is 18.8 Å². The molecule has 0 aliphatic heterocycles. The molecule has 2 N–H and O–H groups in total. The smallest absolute Gasteiger partial charge is 0.251 e. The summed E-state index contributed by atoms with van der Waals surface area (Å²) in [5, 5.41) is 5.87. The summed E-state index contributed by atoms with van der Waals surface area (Å²) in [4.78, 5) is 25.6. The molecule has 2 unspecified atom stereocenters. The molecule has 0 saturated heterocycles. The molecular formula is C25H34N2O4. The van der Waals surface area contributed by atoms with E-state index in [-0.39, 0.29) is 29.9 Å². The summed E-state index contributed by atoms with van der Waals surface area (Å²) in [5.74, 6) is 0.917. The minimum Gasteiger partial charge on any atom is -0.494 e. The second-order valence-corrected chi connectivity index (χ2v) is 8.12. The fraction of sp³-hybridized carbons (Fsp3) is 0.440. The molecule has 0 fully saturated rings. The Morgan fingerprint density at radius 3 is 1.94 bits per heavy atom. The molecule has 2 aromatic carbocycles. The van der Waals surface area contributed by atoms with Crippen molar-refractivity contribution in [1.82, 2.24) is 10.6 Å². The van der Waals surface area contributed by atoms with Crippen LogP contribution >= 0.6 is 0 Å². The average Bonchev–Trinajstić information content (AvgIpc) is 2.72. The van der Waals surface area contributed by atoms with E-state index in [9.17, 15) is 9.59 Å². The first kappa shape index (κ1) is 24.3. The molecule has 2 rings (SSSR count). The Labute approximate surface area is 185 Å². The normalized spacial score (nSPS) is 12.9. The van der Waals surface area contributed by atoms with Gasteiger partial charge in [0.25, 0.3) is 5.91 Å². The van der Waals surface area contributed by atoms with Crippen molar-refractivity contribution in [2.24, 2.45) is 5.92 Å². The van der Waals surface area contributed by atoms with Gasteiger partial charge in [-0.3, -0.25) is 9.59 Å². The molecule has 0 aliphatic rings. The predicted octanol–water partition coefficient (Wildman–Crippen LogP) is 4.50. The number of benzene rings is 2. The van der Waals surface area contributed by atoms with Gasteiger partial charge in [0.1, 0.15) is 17.5 Å². The largest absolute Gasteiger partial charge is 0.494 e. The molecule has 2 aromatic rings. The summed E-state index contributed by atoms with van der Waals surface area (Å²) in [5.41, 5.74) is 1.44. The first-order valence-electron chi connectivity index (χ1n) is 10.8. The molecule has 2 amide bonds. The van der Waals surface area contributed by atoms with Crippen LogP contribution in [0.2, 0.25) is 0 Å². The number of amides is 2. The minimum absolute atomic E-state index is 0.0688. The lowest BCUT2D eigenvalue weighted by Gasteiger charge is -2.24. The molecule has 6 nitrogen and oxygen atoms in total. The van der Waals surface area contributed by atoms with Gasteiger partial charge < -0.3 is 20.1 Å². The predicted molar refractivity (Wildman–Crippen MR) is 122 cm³/mol. The minimum atomic E-state index is -0.648. The standard InChI is InChI=1S/C25H34N2O4/c1-7-30-21-12-10-20(11-13-21)24(28)27-23(16(2)3)25(29)26-18(6)19-8-14-22(15-9-19)31-17(4)5/h8-18,23H,7H2,1-6H3,(H,26,29)(H,27,28). The van der Waals surface area contributed by atoms with E-state index < -0.39 is 6.04 Å². The molecule has 0 aromatic heterocycles. The van der Waals surface area contributed by atoms with Crippen LogP contribution in [0.25, 0.3) is 0 Å². The Kier molecular flexibility index (Phi) is 8.91. The van der Waals surface area contributed by atoms with Crippen molar-refractivity contribution in [3.05, 3.63) is 59.7 Å². The topological polar surface area (TPSA) is 76.7 Å². The summed E-state index contributed by atoms with van der Waals surface area (Å²) in [7, 11) is 0. The monoisotopic (exact) mass is 426 g/mol. The number of hydrogen-bond acceptors (Lipinski definition) is 4. The number of hydrogen-bond donors (Lipinski definition) is 2. The van der Waals surface area contributed by atoms with Crippen molar-refractivity contribution >= 4 is 11.8 Å². The van der Waals surface area contributed by atoms with Crippen molar-refractivity contribution in [3.8, 4) is 11.5 Å². The maximum absolute atomic E-state index is 12.9. The van der Waals surface area contributed by atoms with Crippen LogP contribution in [0.1, 0.15) is 63.5 Å². The molecular weight excluding hydrogens is 392 g/mol. The van der Waals surface area contributed by atoms with Crippen LogP contribution in [0, 0.1) is 5.92 Å². The molecule has 0 saturated carbocycles. The second-order valence-electron chi connectivity index (χ2n) is 8.12. The van der Waals surface area contributed by atoms with E-state index in [2.05, 4.69) is 10.6 Å². The number of carbonyl (C=O) groups is 2. The molecule has 0 radical (unpaired) electrons. The molecule has 0 bridgehead atoms. The van der Waals surface area contributed by atoms with Crippen molar-refractivity contribution < 1.29 is 19.1 Å². The fourth-order valence-corrected chi connectivity index (χ4v) is 3.12. The van der Waals surface area contributed by atoms with E-state index in [0.29, 0.717) is 17.9 Å². The zero-order valence-electron chi connectivity index (χ0n) is 19.3. The van der Waals surface area contributed by atoms with Crippen molar-refractivity contribution in [2.75, 3.05) is 6.61 Å². The SMILES string of the molecule is CCOc1ccc(C(=O)NC(C(=O)NC(C)c2ccc(OC(C)C)cc2)C(C)C)cc1. The van der Waals surface area contributed by atoms with E-state index in [0.717, 1.165) is 11.3 Å². The quantitative estimate of drug-likeness (QED) is 0.586. The highest BCUT2D eigenvalue weighted by Gasteiger charge is 2.26. The third-order valence-electron chi connectivity index (χ3n) is 4.77. The van der Waals surface area contributed by atoms with Crippen LogP contribution in [-0.2, 0) is 4.79 Å². The zero-order valence-corrected chi connectivity index (χ0v) is 19.3. The summed E-state index contributed by atoms with van der Waals surface area (Å²) in [6.07, 6.45) is 0.105. The Hall–Kier alpha value is -3.02. The number of rotatable bonds is 10. The highest BCUT2D eigenvalue weighted by atomic mass is 16.5. The van der Waals surface area contributed by atoms with Crippen molar-refractivity contribution in [1.29, 1.82) is 0 Å². The summed E-state index contributed by atoms with van der Waals surface area (Å²) in [6, 6.07) is 13.7. The van der Waals surface area contributed by atoms with E-state index >= 15 is 0 Å². The molecule has 31 heavy (non-hydrogen) atoms. The van der Waals surface area contributed by atoms with Gasteiger partial charge in [-0.05, 0) is 75.6 Å². The highest BCUT2D eigenvalue weighted by molar-refractivity contribution is 5.97.